The first kappa shape index (κ1) is 16.5. The molecule has 0 aliphatic carbocycles. The van der Waals surface area contributed by atoms with Gasteiger partial charge in [-0.05, 0) is 23.1 Å². The Bertz CT molecular complexity index is 654. The summed E-state index contributed by atoms with van der Waals surface area (Å²) in [6, 6.07) is 7.44. The molecule has 6 nitrogen and oxygen atoms in total. The van der Waals surface area contributed by atoms with Gasteiger partial charge < -0.3 is 10.2 Å². The van der Waals surface area contributed by atoms with E-state index in [2.05, 4.69) is 26.1 Å². The van der Waals surface area contributed by atoms with Gasteiger partial charge in [0.2, 0.25) is 11.8 Å². The number of hydrogen-bond donors (Lipinski definition) is 1. The molecule has 2 saturated heterocycles. The molecule has 2 aliphatic heterocycles. The number of nitrogens with zero attached hydrogens (tertiary/aromatic N) is 2. The Labute approximate surface area is 141 Å². The molecule has 2 aliphatic rings. The van der Waals surface area contributed by atoms with Crippen LogP contribution in [-0.4, -0.2) is 46.8 Å². The summed E-state index contributed by atoms with van der Waals surface area (Å²) in [6.07, 6.45) is 0.587. The minimum Gasteiger partial charge on any atom is -0.320 e. The maximum Gasteiger partial charge on any atom is 0.321 e. The van der Waals surface area contributed by atoms with E-state index >= 15 is 0 Å². The lowest BCUT2D eigenvalue weighted by Crippen LogP contribution is -2.63. The van der Waals surface area contributed by atoms with Crippen LogP contribution in [0, 0.1) is 0 Å². The van der Waals surface area contributed by atoms with Crippen molar-refractivity contribution in [3.63, 3.8) is 0 Å². The van der Waals surface area contributed by atoms with Crippen LogP contribution in [-0.2, 0) is 15.0 Å². The van der Waals surface area contributed by atoms with Crippen molar-refractivity contribution in [1.82, 2.24) is 9.80 Å². The predicted octanol–water partition coefficient (Wildman–Crippen LogP) is 2.35. The van der Waals surface area contributed by atoms with Crippen molar-refractivity contribution in [2.24, 2.45) is 0 Å². The number of amides is 4. The molecule has 1 aromatic carbocycles. The number of carbonyl (C=O) groups is 3. The van der Waals surface area contributed by atoms with Crippen molar-refractivity contribution in [3.05, 3.63) is 29.8 Å². The van der Waals surface area contributed by atoms with Crippen molar-refractivity contribution in [2.45, 2.75) is 45.1 Å². The van der Waals surface area contributed by atoms with Gasteiger partial charge in [-0.25, -0.2) is 4.79 Å². The molecule has 2 heterocycles. The Balaban J connectivity index is 1.54. The zero-order chi connectivity index (χ0) is 17.5. The van der Waals surface area contributed by atoms with E-state index in [0.717, 1.165) is 5.69 Å². The van der Waals surface area contributed by atoms with E-state index in [1.54, 1.807) is 4.90 Å². The average Bonchev–Trinajstić information content (AvgIpc) is 2.77. The topological polar surface area (TPSA) is 69.7 Å². The van der Waals surface area contributed by atoms with Crippen LogP contribution >= 0.6 is 0 Å². The fourth-order valence-electron chi connectivity index (χ4n) is 3.04. The summed E-state index contributed by atoms with van der Waals surface area (Å²) >= 11 is 0. The molecule has 24 heavy (non-hydrogen) atoms. The van der Waals surface area contributed by atoms with E-state index in [9.17, 15) is 14.4 Å². The largest absolute Gasteiger partial charge is 0.321 e. The summed E-state index contributed by atoms with van der Waals surface area (Å²) in [5.74, 6) is -0.245. The summed E-state index contributed by atoms with van der Waals surface area (Å²) < 4.78 is 0. The second-order valence-electron chi connectivity index (χ2n) is 7.47. The highest BCUT2D eigenvalue weighted by molar-refractivity contribution is 6.02. The van der Waals surface area contributed by atoms with E-state index in [-0.39, 0.29) is 29.3 Å². The van der Waals surface area contributed by atoms with Gasteiger partial charge >= 0.3 is 6.03 Å². The number of urea groups is 1. The third-order valence-electron chi connectivity index (χ3n) is 4.61. The standard InChI is InChI=1S/C18H23N3O3/c1-18(2,3)12-4-6-13(7-5-12)19-17(24)20-10-14(11-20)21-15(22)8-9-16(21)23/h4-7,14H,8-11H2,1-3H3,(H,19,24). The summed E-state index contributed by atoms with van der Waals surface area (Å²) in [7, 11) is 0. The van der Waals surface area contributed by atoms with Crippen LogP contribution in [0.1, 0.15) is 39.2 Å². The Morgan fingerprint density at radius 2 is 1.58 bits per heavy atom. The molecular formula is C18H23N3O3. The summed E-state index contributed by atoms with van der Waals surface area (Å²) in [5, 5.41) is 2.85. The van der Waals surface area contributed by atoms with E-state index in [4.69, 9.17) is 0 Å². The van der Waals surface area contributed by atoms with Crippen molar-refractivity contribution in [3.8, 4) is 0 Å². The third-order valence-corrected chi connectivity index (χ3v) is 4.61. The van der Waals surface area contributed by atoms with Gasteiger partial charge in [0, 0.05) is 31.6 Å². The van der Waals surface area contributed by atoms with Crippen LogP contribution in [0.15, 0.2) is 24.3 Å². The van der Waals surface area contributed by atoms with Crippen molar-refractivity contribution in [1.29, 1.82) is 0 Å². The second-order valence-corrected chi connectivity index (χ2v) is 7.47. The van der Waals surface area contributed by atoms with E-state index in [1.807, 2.05) is 24.3 Å². The van der Waals surface area contributed by atoms with Crippen LogP contribution in [0.2, 0.25) is 0 Å². The SMILES string of the molecule is CC(C)(C)c1ccc(NC(=O)N2CC(N3C(=O)CCC3=O)C2)cc1. The molecule has 0 aromatic heterocycles. The van der Waals surface area contributed by atoms with Gasteiger partial charge in [0.05, 0.1) is 6.04 Å². The minimum atomic E-state index is -0.200. The number of hydrogen-bond acceptors (Lipinski definition) is 3. The summed E-state index contributed by atoms with van der Waals surface area (Å²) in [6.45, 7) is 7.23. The van der Waals surface area contributed by atoms with Crippen LogP contribution in [0.25, 0.3) is 0 Å². The monoisotopic (exact) mass is 329 g/mol. The Kier molecular flexibility index (Phi) is 4.07. The van der Waals surface area contributed by atoms with Crippen LogP contribution in [0.5, 0.6) is 0 Å². The van der Waals surface area contributed by atoms with Crippen LogP contribution < -0.4 is 5.32 Å². The minimum absolute atomic E-state index is 0.0715. The lowest BCUT2D eigenvalue weighted by atomic mass is 9.87. The van der Waals surface area contributed by atoms with Crippen molar-refractivity contribution < 1.29 is 14.4 Å². The maximum atomic E-state index is 12.2. The van der Waals surface area contributed by atoms with Crippen LogP contribution in [0.3, 0.4) is 0 Å². The number of rotatable bonds is 2. The van der Waals surface area contributed by atoms with Crippen LogP contribution in [0.4, 0.5) is 10.5 Å². The summed E-state index contributed by atoms with van der Waals surface area (Å²) in [4.78, 5) is 38.5. The van der Waals surface area contributed by atoms with Gasteiger partial charge in [0.25, 0.3) is 0 Å². The molecule has 0 bridgehead atoms. The first-order valence-corrected chi connectivity index (χ1v) is 8.27. The molecule has 0 spiro atoms. The maximum absolute atomic E-state index is 12.2. The number of imide groups is 1. The third kappa shape index (κ3) is 3.13. The summed E-state index contributed by atoms with van der Waals surface area (Å²) in [5.41, 5.74) is 2.02. The molecule has 0 radical (unpaired) electrons. The fraction of sp³-hybridized carbons (Fsp3) is 0.500. The molecule has 0 atom stereocenters. The van der Waals surface area contributed by atoms with Gasteiger partial charge in [-0.3, -0.25) is 14.5 Å². The normalized spacial score (nSPS) is 18.8. The zero-order valence-corrected chi connectivity index (χ0v) is 14.3. The molecule has 1 aromatic rings. The second kappa shape index (κ2) is 5.92. The first-order valence-electron chi connectivity index (χ1n) is 8.27. The van der Waals surface area contributed by atoms with Gasteiger partial charge in [0.15, 0.2) is 0 Å². The fourth-order valence-corrected chi connectivity index (χ4v) is 3.04. The number of nitrogens with one attached hydrogen (secondary N) is 1. The first-order chi connectivity index (χ1) is 11.3. The van der Waals surface area contributed by atoms with Gasteiger partial charge in [-0.2, -0.15) is 0 Å². The Hall–Kier alpha value is -2.37. The molecule has 0 saturated carbocycles. The van der Waals surface area contributed by atoms with Crippen molar-refractivity contribution in [2.75, 3.05) is 18.4 Å². The molecule has 128 valence electrons. The molecule has 0 unspecified atom stereocenters. The number of benzene rings is 1. The molecule has 2 fully saturated rings. The van der Waals surface area contributed by atoms with Crippen molar-refractivity contribution >= 4 is 23.5 Å². The lowest BCUT2D eigenvalue weighted by molar-refractivity contribution is -0.144. The van der Waals surface area contributed by atoms with E-state index in [0.29, 0.717) is 25.9 Å². The molecule has 4 amide bonds. The van der Waals surface area contributed by atoms with Gasteiger partial charge in [-0.1, -0.05) is 32.9 Å². The Morgan fingerprint density at radius 3 is 2.08 bits per heavy atom. The lowest BCUT2D eigenvalue weighted by Gasteiger charge is -2.42. The number of carbonyl (C=O) groups excluding carboxylic acids is 3. The quantitative estimate of drug-likeness (QED) is 0.847. The highest BCUT2D eigenvalue weighted by Crippen LogP contribution is 2.25. The average molecular weight is 329 g/mol. The number of likely N-dealkylation sites (tertiary alicyclic amines) is 2. The Morgan fingerprint density at radius 1 is 1.04 bits per heavy atom. The highest BCUT2D eigenvalue weighted by Gasteiger charge is 2.42. The molecule has 3 rings (SSSR count). The van der Waals surface area contributed by atoms with E-state index in [1.165, 1.54) is 10.5 Å². The highest BCUT2D eigenvalue weighted by atomic mass is 16.2. The van der Waals surface area contributed by atoms with Gasteiger partial charge in [-0.15, -0.1) is 0 Å². The van der Waals surface area contributed by atoms with Gasteiger partial charge in [0.1, 0.15) is 0 Å². The van der Waals surface area contributed by atoms with E-state index < -0.39 is 0 Å². The number of anilines is 1. The molecule has 1 N–H and O–H groups in total. The molecular weight excluding hydrogens is 306 g/mol. The smallest absolute Gasteiger partial charge is 0.320 e. The predicted molar refractivity (Wildman–Crippen MR) is 90.6 cm³/mol. The molecule has 6 heteroatoms. The zero-order valence-electron chi connectivity index (χ0n) is 14.3.